The number of nitrogens with zero attached hydrogens (tertiary/aromatic N) is 1. The summed E-state index contributed by atoms with van der Waals surface area (Å²) in [7, 11) is 0. The molecule has 0 unspecified atom stereocenters. The molecular weight excluding hydrogens is 255 g/mol. The van der Waals surface area contributed by atoms with Gasteiger partial charge in [-0.15, -0.1) is 0 Å². The van der Waals surface area contributed by atoms with Crippen LogP contribution in [0.15, 0.2) is 27.6 Å². The van der Waals surface area contributed by atoms with Crippen molar-refractivity contribution in [3.8, 4) is 0 Å². The fourth-order valence-corrected chi connectivity index (χ4v) is 1.60. The maximum absolute atomic E-state index is 11.4. The molecule has 0 saturated heterocycles. The van der Waals surface area contributed by atoms with Crippen molar-refractivity contribution in [3.63, 3.8) is 0 Å². The standard InChI is InChI=1S/C8H4BrClN2O/c9-4-1-5-6(11-3-4)2-7(10)12-8(5)13/h1-3H,(H,12,13). The second-order valence-corrected chi connectivity index (χ2v) is 3.86. The Morgan fingerprint density at radius 3 is 3.00 bits per heavy atom. The summed E-state index contributed by atoms with van der Waals surface area (Å²) in [4.78, 5) is 17.9. The summed E-state index contributed by atoms with van der Waals surface area (Å²) in [5.74, 6) is 0. The first-order chi connectivity index (χ1) is 6.16. The largest absolute Gasteiger partial charge is 0.312 e. The maximum atomic E-state index is 11.4. The Balaban J connectivity index is 2.95. The van der Waals surface area contributed by atoms with E-state index in [1.165, 1.54) is 0 Å². The summed E-state index contributed by atoms with van der Waals surface area (Å²) in [6.07, 6.45) is 1.62. The summed E-state index contributed by atoms with van der Waals surface area (Å²) < 4.78 is 0.771. The highest BCUT2D eigenvalue weighted by molar-refractivity contribution is 9.10. The zero-order valence-corrected chi connectivity index (χ0v) is 8.69. The second-order valence-electron chi connectivity index (χ2n) is 2.53. The number of H-pyrrole nitrogens is 1. The van der Waals surface area contributed by atoms with E-state index in [-0.39, 0.29) is 5.56 Å². The van der Waals surface area contributed by atoms with Crippen LogP contribution < -0.4 is 5.56 Å². The first-order valence-corrected chi connectivity index (χ1v) is 4.68. The van der Waals surface area contributed by atoms with Gasteiger partial charge in [-0.1, -0.05) is 11.6 Å². The molecular formula is C8H4BrClN2O. The molecule has 0 aromatic carbocycles. The Bertz CT molecular complexity index is 523. The van der Waals surface area contributed by atoms with Crippen molar-refractivity contribution in [2.75, 3.05) is 0 Å². The van der Waals surface area contributed by atoms with E-state index in [1.807, 2.05) is 0 Å². The van der Waals surface area contributed by atoms with Crippen molar-refractivity contribution in [3.05, 3.63) is 38.3 Å². The molecule has 13 heavy (non-hydrogen) atoms. The van der Waals surface area contributed by atoms with Gasteiger partial charge in [-0.3, -0.25) is 9.78 Å². The van der Waals surface area contributed by atoms with Gasteiger partial charge in [0.15, 0.2) is 0 Å². The van der Waals surface area contributed by atoms with Crippen LogP contribution in [0, 0.1) is 0 Å². The van der Waals surface area contributed by atoms with Gasteiger partial charge in [-0.25, -0.2) is 0 Å². The van der Waals surface area contributed by atoms with E-state index in [4.69, 9.17) is 11.6 Å². The van der Waals surface area contributed by atoms with Crippen LogP contribution in [0.3, 0.4) is 0 Å². The van der Waals surface area contributed by atoms with Gasteiger partial charge >= 0.3 is 0 Å². The maximum Gasteiger partial charge on any atom is 0.258 e. The number of hydrogen-bond acceptors (Lipinski definition) is 2. The lowest BCUT2D eigenvalue weighted by Crippen LogP contribution is -2.06. The van der Waals surface area contributed by atoms with E-state index in [0.717, 1.165) is 4.47 Å². The predicted octanol–water partition coefficient (Wildman–Crippen LogP) is 2.34. The van der Waals surface area contributed by atoms with Crippen molar-refractivity contribution < 1.29 is 0 Å². The third-order valence-electron chi connectivity index (χ3n) is 1.63. The van der Waals surface area contributed by atoms with Gasteiger partial charge in [0.2, 0.25) is 0 Å². The fourth-order valence-electron chi connectivity index (χ4n) is 1.08. The molecule has 0 saturated carbocycles. The van der Waals surface area contributed by atoms with E-state index in [0.29, 0.717) is 16.1 Å². The van der Waals surface area contributed by atoms with Crippen LogP contribution in [-0.4, -0.2) is 9.97 Å². The van der Waals surface area contributed by atoms with E-state index < -0.39 is 0 Å². The number of aromatic nitrogens is 2. The molecule has 2 aromatic rings. The van der Waals surface area contributed by atoms with Crippen molar-refractivity contribution in [2.45, 2.75) is 0 Å². The third-order valence-corrected chi connectivity index (χ3v) is 2.26. The number of rotatable bonds is 0. The van der Waals surface area contributed by atoms with Crippen LogP contribution in [0.5, 0.6) is 0 Å². The summed E-state index contributed by atoms with van der Waals surface area (Å²) in [5.41, 5.74) is 0.369. The Morgan fingerprint density at radius 1 is 1.46 bits per heavy atom. The fraction of sp³-hybridized carbons (Fsp3) is 0. The highest BCUT2D eigenvalue weighted by Gasteiger charge is 2.01. The smallest absolute Gasteiger partial charge is 0.258 e. The number of pyridine rings is 2. The molecule has 0 amide bonds. The van der Waals surface area contributed by atoms with Crippen LogP contribution in [0.2, 0.25) is 5.15 Å². The Hall–Kier alpha value is -0.870. The van der Waals surface area contributed by atoms with Gasteiger partial charge in [-0.05, 0) is 28.1 Å². The van der Waals surface area contributed by atoms with E-state index in [1.54, 1.807) is 18.3 Å². The van der Waals surface area contributed by atoms with E-state index >= 15 is 0 Å². The second kappa shape index (κ2) is 3.12. The summed E-state index contributed by atoms with van der Waals surface area (Å²) in [6, 6.07) is 3.32. The van der Waals surface area contributed by atoms with Gasteiger partial charge in [0.1, 0.15) is 5.15 Å². The first kappa shape index (κ1) is 8.72. The quantitative estimate of drug-likeness (QED) is 0.738. The molecule has 0 fully saturated rings. The molecule has 66 valence electrons. The lowest BCUT2D eigenvalue weighted by atomic mass is 10.3. The topological polar surface area (TPSA) is 45.8 Å². The number of hydrogen-bond donors (Lipinski definition) is 1. The van der Waals surface area contributed by atoms with Crippen molar-refractivity contribution in [1.29, 1.82) is 0 Å². The third kappa shape index (κ3) is 1.59. The molecule has 3 nitrogen and oxygen atoms in total. The number of fused-ring (bicyclic) bond motifs is 1. The minimum Gasteiger partial charge on any atom is -0.312 e. The first-order valence-electron chi connectivity index (χ1n) is 3.51. The summed E-state index contributed by atoms with van der Waals surface area (Å²) >= 11 is 8.89. The molecule has 0 aliphatic carbocycles. The van der Waals surface area contributed by atoms with Gasteiger partial charge < -0.3 is 4.98 Å². The van der Waals surface area contributed by atoms with Crippen LogP contribution >= 0.6 is 27.5 Å². The molecule has 2 aromatic heterocycles. The number of nitrogens with one attached hydrogen (secondary N) is 1. The van der Waals surface area contributed by atoms with E-state index in [2.05, 4.69) is 25.9 Å². The summed E-state index contributed by atoms with van der Waals surface area (Å²) in [5, 5.41) is 0.825. The molecule has 1 N–H and O–H groups in total. The minimum absolute atomic E-state index is 0.226. The predicted molar refractivity (Wildman–Crippen MR) is 55.1 cm³/mol. The minimum atomic E-state index is -0.226. The van der Waals surface area contributed by atoms with Crippen LogP contribution in [0.1, 0.15) is 0 Å². The SMILES string of the molecule is O=c1[nH]c(Cl)cc2ncc(Br)cc12. The lowest BCUT2D eigenvalue weighted by Gasteiger charge is -1.96. The lowest BCUT2D eigenvalue weighted by molar-refractivity contribution is 1.25. The average molecular weight is 259 g/mol. The van der Waals surface area contributed by atoms with Crippen LogP contribution in [0.25, 0.3) is 10.9 Å². The van der Waals surface area contributed by atoms with Crippen molar-refractivity contribution in [2.24, 2.45) is 0 Å². The van der Waals surface area contributed by atoms with Crippen LogP contribution in [-0.2, 0) is 0 Å². The molecule has 0 atom stereocenters. The normalized spacial score (nSPS) is 10.6. The number of halogens is 2. The van der Waals surface area contributed by atoms with Crippen molar-refractivity contribution in [1.82, 2.24) is 9.97 Å². The highest BCUT2D eigenvalue weighted by atomic mass is 79.9. The van der Waals surface area contributed by atoms with Gasteiger partial charge in [0.05, 0.1) is 10.9 Å². The van der Waals surface area contributed by atoms with Gasteiger partial charge in [0, 0.05) is 10.7 Å². The molecule has 2 rings (SSSR count). The Kier molecular flexibility index (Phi) is 2.09. The molecule has 0 aliphatic rings. The highest BCUT2D eigenvalue weighted by Crippen LogP contribution is 2.15. The van der Waals surface area contributed by atoms with Gasteiger partial charge in [0.25, 0.3) is 5.56 Å². The number of aromatic amines is 1. The molecule has 0 bridgehead atoms. The van der Waals surface area contributed by atoms with Gasteiger partial charge in [-0.2, -0.15) is 0 Å². The van der Waals surface area contributed by atoms with Crippen molar-refractivity contribution >= 4 is 38.4 Å². The molecule has 0 radical (unpaired) electrons. The monoisotopic (exact) mass is 258 g/mol. The molecule has 5 heteroatoms. The van der Waals surface area contributed by atoms with Crippen LogP contribution in [0.4, 0.5) is 0 Å². The summed E-state index contributed by atoms with van der Waals surface area (Å²) in [6.45, 7) is 0. The molecule has 2 heterocycles. The Morgan fingerprint density at radius 2 is 2.23 bits per heavy atom. The zero-order valence-electron chi connectivity index (χ0n) is 6.34. The zero-order chi connectivity index (χ0) is 9.42. The molecule has 0 spiro atoms. The molecule has 0 aliphatic heterocycles. The average Bonchev–Trinajstić information content (AvgIpc) is 2.06. The van der Waals surface area contributed by atoms with E-state index in [9.17, 15) is 4.79 Å². The Labute approximate surface area is 86.9 Å².